The Labute approximate surface area is 154 Å². The molecule has 1 saturated heterocycles. The monoisotopic (exact) mass is 364 g/mol. The zero-order valence-corrected chi connectivity index (χ0v) is 17.9. The first-order valence-electron chi connectivity index (χ1n) is 10.1. The lowest BCUT2D eigenvalue weighted by Crippen LogP contribution is -2.46. The molecule has 3 nitrogen and oxygen atoms in total. The van der Waals surface area contributed by atoms with Gasteiger partial charge in [0.1, 0.15) is 5.78 Å². The topological polar surface area (TPSA) is 35.5 Å². The molecule has 2 fully saturated rings. The molecule has 0 unspecified atom stereocenters. The number of Topliss-reactive ketones (excluding diaryl/α,β-unsaturated/α-hetero) is 1. The van der Waals surface area contributed by atoms with E-state index in [-0.39, 0.29) is 23.7 Å². The van der Waals surface area contributed by atoms with Crippen LogP contribution in [0.25, 0.3) is 0 Å². The summed E-state index contributed by atoms with van der Waals surface area (Å²) in [5.74, 6) is 2.05. The van der Waals surface area contributed by atoms with Crippen LogP contribution >= 0.6 is 0 Å². The Morgan fingerprint density at radius 1 is 1.32 bits per heavy atom. The van der Waals surface area contributed by atoms with Crippen LogP contribution in [0.4, 0.5) is 0 Å². The molecular weight excluding hydrogens is 328 g/mol. The van der Waals surface area contributed by atoms with Crippen molar-refractivity contribution in [2.45, 2.75) is 90.3 Å². The van der Waals surface area contributed by atoms with Crippen LogP contribution < -0.4 is 0 Å². The van der Waals surface area contributed by atoms with Crippen LogP contribution in [0.1, 0.15) is 52.9 Å². The largest absolute Gasteiger partial charge is 0.412 e. The maximum Gasteiger partial charge on any atom is 0.184 e. The number of fused-ring (bicyclic) bond motifs is 5. The van der Waals surface area contributed by atoms with E-state index in [1.54, 1.807) is 0 Å². The van der Waals surface area contributed by atoms with Gasteiger partial charge in [-0.3, -0.25) is 4.79 Å². The van der Waals surface area contributed by atoms with Crippen molar-refractivity contribution < 1.29 is 14.0 Å². The Morgan fingerprint density at radius 2 is 2.04 bits per heavy atom. The van der Waals surface area contributed by atoms with Crippen LogP contribution in [-0.4, -0.2) is 31.9 Å². The molecule has 1 aliphatic carbocycles. The fourth-order valence-corrected chi connectivity index (χ4v) is 7.20. The van der Waals surface area contributed by atoms with E-state index in [1.807, 2.05) is 0 Å². The third kappa shape index (κ3) is 4.11. The van der Waals surface area contributed by atoms with Crippen molar-refractivity contribution in [3.05, 3.63) is 12.2 Å². The van der Waals surface area contributed by atoms with Crippen molar-refractivity contribution in [2.75, 3.05) is 0 Å². The van der Waals surface area contributed by atoms with E-state index in [0.29, 0.717) is 23.5 Å². The van der Waals surface area contributed by atoms with Gasteiger partial charge in [0.15, 0.2) is 8.32 Å². The smallest absolute Gasteiger partial charge is 0.184 e. The predicted molar refractivity (Wildman–Crippen MR) is 104 cm³/mol. The highest BCUT2D eigenvalue weighted by atomic mass is 28.4. The highest BCUT2D eigenvalue weighted by molar-refractivity contribution is 6.69. The van der Waals surface area contributed by atoms with Crippen LogP contribution in [0, 0.1) is 23.7 Å². The molecule has 4 heteroatoms. The van der Waals surface area contributed by atoms with Crippen LogP contribution in [0.15, 0.2) is 12.2 Å². The standard InChI is InChI=1S/C21H36O3Si/c1-14(2)15-10-11-16(22)20-18-13-21(3,24-25(4,5)6)12-8-7-9-17(23-18)19(15)20/h7,9,14-15,17-20H,8,10-13H2,1-6H3/b9-7-/t15-,17+,18-,19+,20-,21+/m1/s1. The molecule has 2 heterocycles. The van der Waals surface area contributed by atoms with Gasteiger partial charge >= 0.3 is 0 Å². The van der Waals surface area contributed by atoms with Gasteiger partial charge in [-0.2, -0.15) is 0 Å². The molecule has 0 amide bonds. The molecule has 142 valence electrons. The van der Waals surface area contributed by atoms with E-state index in [2.05, 4.69) is 52.6 Å². The highest BCUT2D eigenvalue weighted by Gasteiger charge is 2.54. The minimum atomic E-state index is -1.66. The summed E-state index contributed by atoms with van der Waals surface area (Å²) in [7, 11) is -1.66. The summed E-state index contributed by atoms with van der Waals surface area (Å²) in [5, 5.41) is 0. The Balaban J connectivity index is 1.91. The zero-order valence-electron chi connectivity index (χ0n) is 16.9. The van der Waals surface area contributed by atoms with Crippen LogP contribution in [0.5, 0.6) is 0 Å². The van der Waals surface area contributed by atoms with Crippen molar-refractivity contribution >= 4 is 14.1 Å². The molecule has 0 aromatic heterocycles. The molecule has 2 bridgehead atoms. The minimum absolute atomic E-state index is 0.0214. The molecule has 2 aliphatic heterocycles. The SMILES string of the molecule is CC(C)[C@H]1CCC(=O)[C@H]2[C@@H]1[C@@H]1/C=C\CC[C@](C)(O[Si](C)(C)C)C[C@H]2O1. The molecule has 25 heavy (non-hydrogen) atoms. The maximum absolute atomic E-state index is 12.9. The molecule has 3 rings (SSSR count). The number of rotatable bonds is 3. The number of carbonyl (C=O) groups is 1. The molecule has 3 aliphatic rings. The second-order valence-electron chi connectivity index (χ2n) is 9.99. The normalized spacial score (nSPS) is 43.3. The van der Waals surface area contributed by atoms with Gasteiger partial charge in [-0.1, -0.05) is 26.0 Å². The summed E-state index contributed by atoms with van der Waals surface area (Å²) < 4.78 is 13.1. The Bertz CT molecular complexity index is 536. The highest BCUT2D eigenvalue weighted by Crippen LogP contribution is 2.50. The molecule has 1 saturated carbocycles. The fourth-order valence-electron chi connectivity index (χ4n) is 5.53. The summed E-state index contributed by atoms with van der Waals surface area (Å²) in [4.78, 5) is 12.9. The van der Waals surface area contributed by atoms with E-state index < -0.39 is 8.32 Å². The van der Waals surface area contributed by atoms with Crippen LogP contribution in [-0.2, 0) is 14.0 Å². The first-order chi connectivity index (χ1) is 11.6. The number of hydrogen-bond donors (Lipinski definition) is 0. The van der Waals surface area contributed by atoms with Gasteiger partial charge in [0, 0.05) is 24.7 Å². The summed E-state index contributed by atoms with van der Waals surface area (Å²) in [6, 6.07) is 0. The van der Waals surface area contributed by atoms with Gasteiger partial charge in [-0.05, 0) is 57.7 Å². The number of hydrogen-bond acceptors (Lipinski definition) is 3. The lowest BCUT2D eigenvalue weighted by Gasteiger charge is -2.41. The Morgan fingerprint density at radius 3 is 2.68 bits per heavy atom. The lowest BCUT2D eigenvalue weighted by atomic mass is 9.64. The average Bonchev–Trinajstić information content (AvgIpc) is 2.83. The summed E-state index contributed by atoms with van der Waals surface area (Å²) in [6.45, 7) is 13.6. The average molecular weight is 365 g/mol. The van der Waals surface area contributed by atoms with Gasteiger partial charge < -0.3 is 9.16 Å². The van der Waals surface area contributed by atoms with Gasteiger partial charge in [-0.25, -0.2) is 0 Å². The van der Waals surface area contributed by atoms with Crippen LogP contribution in [0.3, 0.4) is 0 Å². The summed E-state index contributed by atoms with van der Waals surface area (Å²) in [5.41, 5.74) is -0.186. The summed E-state index contributed by atoms with van der Waals surface area (Å²) >= 11 is 0. The third-order valence-electron chi connectivity index (χ3n) is 6.32. The van der Waals surface area contributed by atoms with Gasteiger partial charge in [0.2, 0.25) is 0 Å². The molecule has 0 aromatic carbocycles. The Kier molecular flexibility index (Phi) is 5.36. The van der Waals surface area contributed by atoms with Crippen LogP contribution in [0.2, 0.25) is 19.6 Å². The first-order valence-corrected chi connectivity index (χ1v) is 13.6. The first kappa shape index (κ1) is 19.3. The van der Waals surface area contributed by atoms with Gasteiger partial charge in [0.25, 0.3) is 0 Å². The second kappa shape index (κ2) is 6.93. The molecule has 0 spiro atoms. The Hall–Kier alpha value is -0.453. The lowest BCUT2D eigenvalue weighted by molar-refractivity contribution is -0.130. The van der Waals surface area contributed by atoms with E-state index in [9.17, 15) is 4.79 Å². The van der Waals surface area contributed by atoms with Crippen molar-refractivity contribution in [3.8, 4) is 0 Å². The molecule has 6 atom stereocenters. The van der Waals surface area contributed by atoms with Gasteiger partial charge in [0.05, 0.1) is 17.8 Å². The van der Waals surface area contributed by atoms with Gasteiger partial charge in [-0.15, -0.1) is 0 Å². The molecular formula is C21H36O3Si. The summed E-state index contributed by atoms with van der Waals surface area (Å²) in [6.07, 6.45) is 9.32. The minimum Gasteiger partial charge on any atom is -0.412 e. The van der Waals surface area contributed by atoms with E-state index in [4.69, 9.17) is 9.16 Å². The van der Waals surface area contributed by atoms with Crippen molar-refractivity contribution in [1.82, 2.24) is 0 Å². The number of ketones is 1. The maximum atomic E-state index is 12.9. The number of ether oxygens (including phenoxy) is 1. The fraction of sp³-hybridized carbons (Fsp3) is 0.857. The van der Waals surface area contributed by atoms with Crippen molar-refractivity contribution in [3.63, 3.8) is 0 Å². The second-order valence-corrected chi connectivity index (χ2v) is 14.4. The van der Waals surface area contributed by atoms with E-state index in [0.717, 1.165) is 32.1 Å². The molecule has 0 radical (unpaired) electrons. The third-order valence-corrected chi connectivity index (χ3v) is 7.43. The van der Waals surface area contributed by atoms with E-state index >= 15 is 0 Å². The predicted octanol–water partition coefficient (Wildman–Crippen LogP) is 4.97. The molecule has 0 N–H and O–H groups in total. The number of carbonyl (C=O) groups excluding carboxylic acids is 1. The van der Waals surface area contributed by atoms with Crippen molar-refractivity contribution in [2.24, 2.45) is 23.7 Å². The zero-order chi connectivity index (χ0) is 18.4. The number of allylic oxidation sites excluding steroid dienone is 1. The quantitative estimate of drug-likeness (QED) is 0.524. The molecule has 0 aromatic rings. The van der Waals surface area contributed by atoms with E-state index in [1.165, 1.54) is 0 Å². The van der Waals surface area contributed by atoms with Crippen molar-refractivity contribution in [1.29, 1.82) is 0 Å².